The molecule has 2 saturated carbocycles. The molecule has 1 nitrogen and oxygen atoms in total. The highest BCUT2D eigenvalue weighted by Gasteiger charge is 2.30. The molecule has 0 aromatic carbocycles. The van der Waals surface area contributed by atoms with E-state index in [4.69, 9.17) is 4.74 Å². The Balaban J connectivity index is 1.66. The van der Waals surface area contributed by atoms with Crippen molar-refractivity contribution in [1.29, 1.82) is 0 Å². The van der Waals surface area contributed by atoms with Crippen molar-refractivity contribution in [1.82, 2.24) is 0 Å². The van der Waals surface area contributed by atoms with Gasteiger partial charge in [0.05, 0.1) is 12.2 Å². The van der Waals surface area contributed by atoms with E-state index in [1.165, 1.54) is 38.5 Å². The van der Waals surface area contributed by atoms with Gasteiger partial charge in [-0.2, -0.15) is 0 Å². The van der Waals surface area contributed by atoms with Crippen molar-refractivity contribution in [2.24, 2.45) is 0 Å². The van der Waals surface area contributed by atoms with E-state index >= 15 is 0 Å². The zero-order valence-electron chi connectivity index (χ0n) is 6.76. The highest BCUT2D eigenvalue weighted by molar-refractivity contribution is 9.09. The van der Waals surface area contributed by atoms with E-state index in [1.807, 2.05) is 0 Å². The van der Waals surface area contributed by atoms with Gasteiger partial charge in [0, 0.05) is 4.83 Å². The third-order valence-corrected chi connectivity index (χ3v) is 3.47. The molecule has 2 rings (SSSR count). The first kappa shape index (κ1) is 8.06. The molecular weight excluding hydrogens is 204 g/mol. The summed E-state index contributed by atoms with van der Waals surface area (Å²) < 4.78 is 5.89. The number of halogens is 1. The molecule has 2 aliphatic carbocycles. The molecule has 0 aromatic heterocycles. The van der Waals surface area contributed by atoms with Gasteiger partial charge in [0.25, 0.3) is 0 Å². The molecule has 0 N–H and O–H groups in total. The van der Waals surface area contributed by atoms with E-state index in [9.17, 15) is 0 Å². The second kappa shape index (κ2) is 3.44. The van der Waals surface area contributed by atoms with Crippen molar-refractivity contribution >= 4 is 15.9 Å². The lowest BCUT2D eigenvalue weighted by molar-refractivity contribution is -0.0435. The molecular formula is C9H15BrO. The van der Waals surface area contributed by atoms with Crippen LogP contribution in [-0.4, -0.2) is 17.0 Å². The van der Waals surface area contributed by atoms with E-state index in [-0.39, 0.29) is 0 Å². The van der Waals surface area contributed by atoms with E-state index in [0.29, 0.717) is 12.2 Å². The summed E-state index contributed by atoms with van der Waals surface area (Å²) in [4.78, 5) is 0.744. The minimum Gasteiger partial charge on any atom is -0.375 e. The Morgan fingerprint density at radius 2 is 1.64 bits per heavy atom. The van der Waals surface area contributed by atoms with Crippen LogP contribution in [0.4, 0.5) is 0 Å². The highest BCUT2D eigenvalue weighted by Crippen LogP contribution is 2.33. The fraction of sp³-hybridized carbons (Fsp3) is 1.00. The Kier molecular flexibility index (Phi) is 2.52. The van der Waals surface area contributed by atoms with Gasteiger partial charge in [-0.1, -0.05) is 28.8 Å². The second-order valence-corrected chi connectivity index (χ2v) is 5.03. The molecule has 0 spiro atoms. The van der Waals surface area contributed by atoms with Gasteiger partial charge >= 0.3 is 0 Å². The fourth-order valence-corrected chi connectivity index (χ4v) is 2.74. The van der Waals surface area contributed by atoms with Crippen LogP contribution in [0.15, 0.2) is 0 Å². The van der Waals surface area contributed by atoms with Crippen LogP contribution in [0, 0.1) is 0 Å². The van der Waals surface area contributed by atoms with Gasteiger partial charge in [0.1, 0.15) is 0 Å². The maximum absolute atomic E-state index is 5.89. The Morgan fingerprint density at radius 3 is 2.18 bits per heavy atom. The summed E-state index contributed by atoms with van der Waals surface area (Å²) in [5, 5.41) is 0. The predicted molar refractivity (Wildman–Crippen MR) is 49.1 cm³/mol. The number of hydrogen-bond donors (Lipinski definition) is 0. The van der Waals surface area contributed by atoms with Crippen molar-refractivity contribution in [3.63, 3.8) is 0 Å². The lowest BCUT2D eigenvalue weighted by atomic mass is 9.95. The van der Waals surface area contributed by atoms with Crippen molar-refractivity contribution in [3.05, 3.63) is 0 Å². The second-order valence-electron chi connectivity index (χ2n) is 3.73. The first-order valence-electron chi connectivity index (χ1n) is 4.64. The van der Waals surface area contributed by atoms with Crippen LogP contribution in [0.1, 0.15) is 38.5 Å². The van der Waals surface area contributed by atoms with Crippen LogP contribution >= 0.6 is 15.9 Å². The quantitative estimate of drug-likeness (QED) is 0.649. The van der Waals surface area contributed by atoms with Crippen molar-refractivity contribution in [2.75, 3.05) is 0 Å². The molecule has 0 bridgehead atoms. The van der Waals surface area contributed by atoms with Gasteiger partial charge in [0.15, 0.2) is 0 Å². The Morgan fingerprint density at radius 1 is 1.00 bits per heavy atom. The van der Waals surface area contributed by atoms with Gasteiger partial charge in [-0.05, 0) is 25.7 Å². The maximum Gasteiger partial charge on any atom is 0.0600 e. The molecule has 0 heterocycles. The van der Waals surface area contributed by atoms with Gasteiger partial charge in [-0.25, -0.2) is 0 Å². The molecule has 64 valence electrons. The number of rotatable bonds is 2. The van der Waals surface area contributed by atoms with E-state index in [1.54, 1.807) is 0 Å². The molecule has 0 aromatic rings. The number of ether oxygens (including phenoxy) is 1. The molecule has 0 radical (unpaired) electrons. The Hall–Kier alpha value is 0.440. The minimum atomic E-state index is 0.586. The van der Waals surface area contributed by atoms with Gasteiger partial charge in [-0.15, -0.1) is 0 Å². The van der Waals surface area contributed by atoms with E-state index in [0.717, 1.165) is 4.83 Å². The number of hydrogen-bond acceptors (Lipinski definition) is 1. The molecule has 2 heteroatoms. The third kappa shape index (κ3) is 1.97. The zero-order chi connectivity index (χ0) is 7.68. The molecule has 11 heavy (non-hydrogen) atoms. The predicted octanol–water partition coefficient (Wildman–Crippen LogP) is 2.87. The Labute approximate surface area is 76.6 Å². The van der Waals surface area contributed by atoms with Crippen LogP contribution < -0.4 is 0 Å². The van der Waals surface area contributed by atoms with E-state index in [2.05, 4.69) is 15.9 Å². The molecule has 0 unspecified atom stereocenters. The Bertz CT molecular complexity index is 126. The lowest BCUT2D eigenvalue weighted by Crippen LogP contribution is -2.34. The summed E-state index contributed by atoms with van der Waals surface area (Å²) in [5.74, 6) is 0. The summed E-state index contributed by atoms with van der Waals surface area (Å²) in [6.07, 6.45) is 9.05. The van der Waals surface area contributed by atoms with Crippen molar-refractivity contribution < 1.29 is 4.74 Å². The summed E-state index contributed by atoms with van der Waals surface area (Å²) in [6, 6.07) is 0. The molecule has 2 aliphatic rings. The van der Waals surface area contributed by atoms with Gasteiger partial charge in [0.2, 0.25) is 0 Å². The van der Waals surface area contributed by atoms with Crippen molar-refractivity contribution in [2.45, 2.75) is 55.6 Å². The van der Waals surface area contributed by atoms with E-state index < -0.39 is 0 Å². The SMILES string of the molecule is BrC1CC(OC2CCCC2)C1. The van der Waals surface area contributed by atoms with Gasteiger partial charge in [-0.3, -0.25) is 0 Å². The van der Waals surface area contributed by atoms with Gasteiger partial charge < -0.3 is 4.74 Å². The van der Waals surface area contributed by atoms with Crippen molar-refractivity contribution in [3.8, 4) is 0 Å². The maximum atomic E-state index is 5.89. The summed E-state index contributed by atoms with van der Waals surface area (Å²) in [5.41, 5.74) is 0. The summed E-state index contributed by atoms with van der Waals surface area (Å²) >= 11 is 3.57. The molecule has 0 aliphatic heterocycles. The molecule has 2 fully saturated rings. The summed E-state index contributed by atoms with van der Waals surface area (Å²) in [6.45, 7) is 0. The topological polar surface area (TPSA) is 9.23 Å². The third-order valence-electron chi connectivity index (χ3n) is 2.72. The number of alkyl halides is 1. The largest absolute Gasteiger partial charge is 0.375 e. The molecule has 0 saturated heterocycles. The highest BCUT2D eigenvalue weighted by atomic mass is 79.9. The smallest absolute Gasteiger partial charge is 0.0600 e. The molecule has 0 amide bonds. The van der Waals surface area contributed by atoms with Crippen LogP contribution in [0.2, 0.25) is 0 Å². The van der Waals surface area contributed by atoms with Crippen LogP contribution in [0.5, 0.6) is 0 Å². The normalized spacial score (nSPS) is 39.0. The first-order chi connectivity index (χ1) is 5.34. The van der Waals surface area contributed by atoms with Crippen LogP contribution in [0.25, 0.3) is 0 Å². The fourth-order valence-electron chi connectivity index (χ4n) is 1.91. The zero-order valence-corrected chi connectivity index (χ0v) is 8.35. The monoisotopic (exact) mass is 218 g/mol. The molecule has 0 atom stereocenters. The first-order valence-corrected chi connectivity index (χ1v) is 5.55. The average Bonchev–Trinajstić information content (AvgIpc) is 2.36. The minimum absolute atomic E-state index is 0.586. The average molecular weight is 219 g/mol. The summed E-state index contributed by atoms with van der Waals surface area (Å²) in [7, 11) is 0. The van der Waals surface area contributed by atoms with Crippen LogP contribution in [0.3, 0.4) is 0 Å². The lowest BCUT2D eigenvalue weighted by Gasteiger charge is -2.33. The standard InChI is InChI=1S/C9H15BrO/c10-7-5-9(6-7)11-8-3-1-2-4-8/h7-9H,1-6H2. The van der Waals surface area contributed by atoms with Crippen LogP contribution in [-0.2, 0) is 4.74 Å².